The number of aromatic nitrogens is 2. The average Bonchev–Trinajstić information content (AvgIpc) is 3.55. The molecule has 2 amide bonds. The number of aliphatic hydroxyl groups excluding tert-OH is 1. The smallest absolute Gasteiger partial charge is 0.259 e. The van der Waals surface area contributed by atoms with Crippen LogP contribution in [0.3, 0.4) is 0 Å². The van der Waals surface area contributed by atoms with E-state index in [2.05, 4.69) is 29.0 Å². The van der Waals surface area contributed by atoms with Crippen LogP contribution in [0.2, 0.25) is 0 Å². The van der Waals surface area contributed by atoms with Gasteiger partial charge in [0.2, 0.25) is 0 Å². The van der Waals surface area contributed by atoms with E-state index in [0.29, 0.717) is 35.4 Å². The van der Waals surface area contributed by atoms with Gasteiger partial charge in [0.25, 0.3) is 11.8 Å². The van der Waals surface area contributed by atoms with Crippen LogP contribution in [0.25, 0.3) is 33.0 Å². The highest BCUT2D eigenvalue weighted by Crippen LogP contribution is 2.41. The number of amides is 2. The molecule has 0 saturated carbocycles. The maximum Gasteiger partial charge on any atom is 0.259 e. The van der Waals surface area contributed by atoms with Crippen LogP contribution >= 0.6 is 0 Å². The van der Waals surface area contributed by atoms with E-state index in [1.165, 1.54) is 0 Å². The van der Waals surface area contributed by atoms with Gasteiger partial charge < -0.3 is 24.5 Å². The second kappa shape index (κ2) is 9.88. The molecule has 37 heavy (non-hydrogen) atoms. The molecule has 8 heteroatoms. The average molecular weight is 500 g/mol. The van der Waals surface area contributed by atoms with Gasteiger partial charge in [0.05, 0.1) is 22.8 Å². The summed E-state index contributed by atoms with van der Waals surface area (Å²) in [7, 11) is 3.92. The topological polar surface area (TPSA) is 93.6 Å². The van der Waals surface area contributed by atoms with Gasteiger partial charge in [0.15, 0.2) is 0 Å². The fourth-order valence-electron chi connectivity index (χ4n) is 5.36. The first kappa shape index (κ1) is 24.8. The molecule has 1 aliphatic heterocycles. The molecule has 0 saturated heterocycles. The molecule has 0 radical (unpaired) electrons. The molecule has 0 aliphatic carbocycles. The maximum absolute atomic E-state index is 13.3. The summed E-state index contributed by atoms with van der Waals surface area (Å²) >= 11 is 0. The summed E-state index contributed by atoms with van der Waals surface area (Å²) in [5, 5.41) is 15.2. The maximum atomic E-state index is 13.3. The number of H-pyrrole nitrogens is 1. The predicted octanol–water partition coefficient (Wildman–Crippen LogP) is 3.46. The second-order valence-electron chi connectivity index (χ2n) is 9.68. The van der Waals surface area contributed by atoms with E-state index in [1.54, 1.807) is 6.20 Å². The van der Waals surface area contributed by atoms with E-state index in [4.69, 9.17) is 0 Å². The van der Waals surface area contributed by atoms with Crippen LogP contribution in [0.5, 0.6) is 0 Å². The number of carbonyl (C=O) groups is 2. The number of imide groups is 1. The van der Waals surface area contributed by atoms with Crippen molar-refractivity contribution < 1.29 is 14.7 Å². The van der Waals surface area contributed by atoms with Crippen molar-refractivity contribution in [2.45, 2.75) is 26.5 Å². The molecule has 1 aliphatic rings. The zero-order valence-corrected chi connectivity index (χ0v) is 21.7. The van der Waals surface area contributed by atoms with Gasteiger partial charge in [-0.15, -0.1) is 0 Å². The van der Waals surface area contributed by atoms with Crippen LogP contribution in [0.4, 0.5) is 5.69 Å². The van der Waals surface area contributed by atoms with Gasteiger partial charge in [-0.2, -0.15) is 0 Å². The SMILES string of the molecule is CCN(CC)CC(O)Cn1cc(C2=C(c3c[nH]c4ccccc34)C(=O)NC2=O)c2c(N(C)C)cccc21. The van der Waals surface area contributed by atoms with Crippen LogP contribution in [-0.2, 0) is 16.1 Å². The highest BCUT2D eigenvalue weighted by atomic mass is 16.3. The van der Waals surface area contributed by atoms with Gasteiger partial charge in [0, 0.05) is 72.7 Å². The number of aliphatic hydroxyl groups is 1. The number of rotatable bonds is 9. The monoisotopic (exact) mass is 499 g/mol. The number of likely N-dealkylation sites (N-methyl/N-ethyl adjacent to an activating group) is 1. The number of fused-ring (bicyclic) bond motifs is 2. The lowest BCUT2D eigenvalue weighted by atomic mass is 9.95. The molecule has 1 unspecified atom stereocenters. The molecular formula is C29H33N5O3. The predicted molar refractivity (Wildman–Crippen MR) is 148 cm³/mol. The Morgan fingerprint density at radius 3 is 2.35 bits per heavy atom. The van der Waals surface area contributed by atoms with Crippen LogP contribution in [0, 0.1) is 0 Å². The van der Waals surface area contributed by atoms with Gasteiger partial charge in [-0.3, -0.25) is 14.9 Å². The quantitative estimate of drug-likeness (QED) is 0.307. The number of anilines is 1. The molecule has 0 fully saturated rings. The summed E-state index contributed by atoms with van der Waals surface area (Å²) in [4.78, 5) is 33.9. The van der Waals surface area contributed by atoms with E-state index >= 15 is 0 Å². The summed E-state index contributed by atoms with van der Waals surface area (Å²) in [6, 6.07) is 13.7. The van der Waals surface area contributed by atoms with Crippen molar-refractivity contribution >= 4 is 50.5 Å². The van der Waals surface area contributed by atoms with Crippen molar-refractivity contribution in [2.24, 2.45) is 0 Å². The standard InChI is InChI=1S/C29H33N5O3/c1-5-33(6-2)15-18(35)16-34-17-21(25-23(32(3)4)12-9-13-24(25)34)27-26(28(36)31-29(27)37)20-14-30-22-11-8-7-10-19(20)22/h7-14,17-18,30,35H,5-6,15-16H2,1-4H3,(H,31,36,37). The largest absolute Gasteiger partial charge is 0.390 e. The van der Waals surface area contributed by atoms with Crippen molar-refractivity contribution in [3.8, 4) is 0 Å². The number of hydrogen-bond donors (Lipinski definition) is 3. The molecule has 3 N–H and O–H groups in total. The van der Waals surface area contributed by atoms with Gasteiger partial charge in [-0.05, 0) is 31.3 Å². The van der Waals surface area contributed by atoms with Crippen molar-refractivity contribution in [1.29, 1.82) is 0 Å². The van der Waals surface area contributed by atoms with Crippen LogP contribution in [0.1, 0.15) is 25.0 Å². The van der Waals surface area contributed by atoms with E-state index in [-0.39, 0.29) is 0 Å². The molecule has 1 atom stereocenters. The molecule has 4 aromatic rings. The van der Waals surface area contributed by atoms with Gasteiger partial charge >= 0.3 is 0 Å². The molecule has 192 valence electrons. The number of para-hydroxylation sites is 1. The molecule has 2 aromatic carbocycles. The van der Waals surface area contributed by atoms with Crippen molar-refractivity contribution in [2.75, 3.05) is 38.6 Å². The minimum absolute atomic E-state index is 0.353. The first-order valence-electron chi connectivity index (χ1n) is 12.7. The zero-order chi connectivity index (χ0) is 26.3. The van der Waals surface area contributed by atoms with Gasteiger partial charge in [-0.1, -0.05) is 38.1 Å². The van der Waals surface area contributed by atoms with Crippen molar-refractivity contribution in [1.82, 2.24) is 19.8 Å². The normalized spacial score (nSPS) is 14.9. The van der Waals surface area contributed by atoms with E-state index in [9.17, 15) is 14.7 Å². The number of aromatic amines is 1. The lowest BCUT2D eigenvalue weighted by Gasteiger charge is -2.22. The third kappa shape index (κ3) is 4.32. The van der Waals surface area contributed by atoms with Crippen LogP contribution in [0.15, 0.2) is 54.9 Å². The summed E-state index contributed by atoms with van der Waals surface area (Å²) in [6.45, 7) is 6.81. The van der Waals surface area contributed by atoms with Crippen molar-refractivity contribution in [3.05, 3.63) is 66.0 Å². The Morgan fingerprint density at radius 1 is 0.946 bits per heavy atom. The minimum atomic E-state index is -0.590. The minimum Gasteiger partial charge on any atom is -0.390 e. The highest BCUT2D eigenvalue weighted by molar-refractivity contribution is 6.51. The summed E-state index contributed by atoms with van der Waals surface area (Å²) < 4.78 is 2.00. The second-order valence-corrected chi connectivity index (χ2v) is 9.68. The molecule has 3 heterocycles. The highest BCUT2D eigenvalue weighted by Gasteiger charge is 2.35. The molecule has 2 aromatic heterocycles. The third-order valence-electron chi connectivity index (χ3n) is 7.20. The molecule has 0 spiro atoms. The van der Waals surface area contributed by atoms with Crippen LogP contribution < -0.4 is 10.2 Å². The third-order valence-corrected chi connectivity index (χ3v) is 7.20. The molecule has 5 rings (SSSR count). The van der Waals surface area contributed by atoms with E-state index in [1.807, 2.05) is 72.2 Å². The lowest BCUT2D eigenvalue weighted by molar-refractivity contribution is -0.122. The summed E-state index contributed by atoms with van der Waals surface area (Å²) in [5.41, 5.74) is 4.81. The number of nitrogens with zero attached hydrogens (tertiary/aromatic N) is 3. The van der Waals surface area contributed by atoms with E-state index < -0.39 is 17.9 Å². The summed E-state index contributed by atoms with van der Waals surface area (Å²) in [5.74, 6) is -0.823. The summed E-state index contributed by atoms with van der Waals surface area (Å²) in [6.07, 6.45) is 3.11. The van der Waals surface area contributed by atoms with Gasteiger partial charge in [0.1, 0.15) is 0 Å². The Labute approximate surface area is 216 Å². The zero-order valence-electron chi connectivity index (χ0n) is 21.7. The van der Waals surface area contributed by atoms with E-state index in [0.717, 1.165) is 40.6 Å². The number of benzene rings is 2. The Bertz CT molecular complexity index is 1520. The first-order chi connectivity index (χ1) is 17.8. The number of nitrogens with one attached hydrogen (secondary N) is 2. The Hall–Kier alpha value is -3.88. The lowest BCUT2D eigenvalue weighted by Crippen LogP contribution is -2.34. The number of hydrogen-bond acceptors (Lipinski definition) is 5. The van der Waals surface area contributed by atoms with Crippen molar-refractivity contribution in [3.63, 3.8) is 0 Å². The Kier molecular flexibility index (Phi) is 6.62. The molecule has 8 nitrogen and oxygen atoms in total. The fraction of sp³-hybridized carbons (Fsp3) is 0.310. The fourth-order valence-corrected chi connectivity index (χ4v) is 5.36. The Balaban J connectivity index is 1.73. The number of carbonyl (C=O) groups excluding carboxylic acids is 2. The molecule has 0 bridgehead atoms. The molecular weight excluding hydrogens is 466 g/mol. The first-order valence-corrected chi connectivity index (χ1v) is 12.7. The van der Waals surface area contributed by atoms with Gasteiger partial charge in [-0.25, -0.2) is 0 Å². The Morgan fingerprint density at radius 2 is 1.65 bits per heavy atom. The van der Waals surface area contributed by atoms with Crippen LogP contribution in [-0.4, -0.2) is 71.2 Å².